The van der Waals surface area contributed by atoms with Crippen LogP contribution >= 0.6 is 0 Å². The average Bonchev–Trinajstić information content (AvgIpc) is 3.27. The lowest BCUT2D eigenvalue weighted by Gasteiger charge is -2.34. The summed E-state index contributed by atoms with van der Waals surface area (Å²) in [5.41, 5.74) is 2.05. The Morgan fingerprint density at radius 1 is 1.11 bits per heavy atom. The quantitative estimate of drug-likeness (QED) is 0.569. The Bertz CT molecular complexity index is 1050. The molecule has 7 nitrogen and oxygen atoms in total. The molecule has 1 unspecified atom stereocenters. The van der Waals surface area contributed by atoms with E-state index in [-0.39, 0.29) is 17.8 Å². The Labute approximate surface area is 207 Å². The standard InChI is InChI=1S/C23H31FN4O.C2HF3O2/c1-26(16-17-8-6-9-18(24)14-17)20-12-7-13-28-21(20)15-25-22(28)23(29)27(2)19-10-4-3-5-11-19;3-2(4,5)1(6)7/h6,8-9,14-15,19-20H,3-5,7,10-13,16H2,1-2H3;(H,6,7). The van der Waals surface area contributed by atoms with Gasteiger partial charge in [-0.2, -0.15) is 13.2 Å². The highest BCUT2D eigenvalue weighted by Gasteiger charge is 2.38. The molecule has 1 amide bonds. The number of nitrogens with zero attached hydrogens (tertiary/aromatic N) is 4. The van der Waals surface area contributed by atoms with Gasteiger partial charge in [0.05, 0.1) is 17.9 Å². The van der Waals surface area contributed by atoms with Crippen molar-refractivity contribution < 1.29 is 32.3 Å². The third-order valence-corrected chi connectivity index (χ3v) is 6.82. The normalized spacial score (nSPS) is 18.2. The highest BCUT2D eigenvalue weighted by Crippen LogP contribution is 2.32. The fourth-order valence-electron chi connectivity index (χ4n) is 4.92. The SMILES string of the molecule is CN(Cc1cccc(F)c1)C1CCCn2c1cnc2C(=O)N(C)C1CCCCC1.O=C(O)C(F)(F)F. The molecule has 0 bridgehead atoms. The minimum atomic E-state index is -5.08. The second-order valence-corrected chi connectivity index (χ2v) is 9.37. The van der Waals surface area contributed by atoms with E-state index < -0.39 is 12.1 Å². The maximum Gasteiger partial charge on any atom is 0.490 e. The number of fused-ring (bicyclic) bond motifs is 1. The first-order chi connectivity index (χ1) is 17.0. The molecule has 2 aromatic rings. The summed E-state index contributed by atoms with van der Waals surface area (Å²) in [5.74, 6) is -2.36. The molecule has 0 saturated heterocycles. The number of amides is 1. The van der Waals surface area contributed by atoms with Crippen LogP contribution in [0, 0.1) is 5.82 Å². The molecule has 2 aliphatic rings. The van der Waals surface area contributed by atoms with E-state index in [1.807, 2.05) is 24.2 Å². The van der Waals surface area contributed by atoms with Crippen molar-refractivity contribution in [1.29, 1.82) is 0 Å². The van der Waals surface area contributed by atoms with E-state index in [1.54, 1.807) is 12.1 Å². The molecule has 0 spiro atoms. The number of imidazole rings is 1. The molecule has 1 aliphatic heterocycles. The number of carbonyl (C=O) groups is 2. The number of carboxylic acid groups (broad SMARTS) is 1. The van der Waals surface area contributed by atoms with Crippen LogP contribution in [0.25, 0.3) is 0 Å². The van der Waals surface area contributed by atoms with E-state index in [2.05, 4.69) is 21.5 Å². The summed E-state index contributed by atoms with van der Waals surface area (Å²) in [6.07, 6.45) is 4.68. The first kappa shape index (κ1) is 27.6. The number of aromatic nitrogens is 2. The lowest BCUT2D eigenvalue weighted by atomic mass is 9.94. The predicted molar refractivity (Wildman–Crippen MR) is 125 cm³/mol. The molecule has 198 valence electrons. The lowest BCUT2D eigenvalue weighted by Crippen LogP contribution is -2.40. The van der Waals surface area contributed by atoms with Gasteiger partial charge in [-0.05, 0) is 50.4 Å². The predicted octanol–water partition coefficient (Wildman–Crippen LogP) is 5.03. The Morgan fingerprint density at radius 3 is 2.39 bits per heavy atom. The lowest BCUT2D eigenvalue weighted by molar-refractivity contribution is -0.192. The second-order valence-electron chi connectivity index (χ2n) is 9.37. The van der Waals surface area contributed by atoms with Gasteiger partial charge in [-0.15, -0.1) is 0 Å². The molecule has 1 aliphatic carbocycles. The van der Waals surface area contributed by atoms with Crippen LogP contribution in [-0.2, 0) is 17.9 Å². The molecule has 1 atom stereocenters. The van der Waals surface area contributed by atoms with Crippen LogP contribution in [0.3, 0.4) is 0 Å². The van der Waals surface area contributed by atoms with Gasteiger partial charge < -0.3 is 14.6 Å². The van der Waals surface area contributed by atoms with Gasteiger partial charge in [0.25, 0.3) is 5.91 Å². The van der Waals surface area contributed by atoms with E-state index in [9.17, 15) is 22.4 Å². The molecule has 36 heavy (non-hydrogen) atoms. The van der Waals surface area contributed by atoms with Crippen LogP contribution in [-0.4, -0.2) is 62.6 Å². The Balaban J connectivity index is 0.000000454. The van der Waals surface area contributed by atoms with Gasteiger partial charge in [-0.25, -0.2) is 14.2 Å². The van der Waals surface area contributed by atoms with E-state index in [1.165, 1.54) is 25.3 Å². The van der Waals surface area contributed by atoms with E-state index in [0.29, 0.717) is 18.4 Å². The number of halogens is 4. The Morgan fingerprint density at radius 2 is 1.78 bits per heavy atom. The van der Waals surface area contributed by atoms with E-state index in [0.717, 1.165) is 43.5 Å². The van der Waals surface area contributed by atoms with Gasteiger partial charge in [0.1, 0.15) is 5.82 Å². The molecule has 1 aromatic heterocycles. The monoisotopic (exact) mass is 512 g/mol. The second kappa shape index (κ2) is 11.9. The molecule has 2 heterocycles. The first-order valence-electron chi connectivity index (χ1n) is 12.1. The minimum Gasteiger partial charge on any atom is -0.475 e. The molecule has 4 rings (SSSR count). The summed E-state index contributed by atoms with van der Waals surface area (Å²) >= 11 is 0. The minimum absolute atomic E-state index is 0.0385. The highest BCUT2D eigenvalue weighted by atomic mass is 19.4. The summed E-state index contributed by atoms with van der Waals surface area (Å²) in [6, 6.07) is 7.28. The molecule has 11 heteroatoms. The molecule has 1 saturated carbocycles. The third kappa shape index (κ3) is 6.83. The van der Waals surface area contributed by atoms with Gasteiger partial charge >= 0.3 is 12.1 Å². The summed E-state index contributed by atoms with van der Waals surface area (Å²) in [7, 11) is 3.99. The van der Waals surface area contributed by atoms with Crippen molar-refractivity contribution >= 4 is 11.9 Å². The molecular weight excluding hydrogens is 480 g/mol. The van der Waals surface area contributed by atoms with Crippen molar-refractivity contribution in [3.8, 4) is 0 Å². The van der Waals surface area contributed by atoms with Crippen LogP contribution in [0.4, 0.5) is 17.6 Å². The molecular formula is C25H32F4N4O3. The van der Waals surface area contributed by atoms with Crippen molar-refractivity contribution in [2.75, 3.05) is 14.1 Å². The number of rotatable bonds is 5. The van der Waals surface area contributed by atoms with Crippen molar-refractivity contribution in [3.63, 3.8) is 0 Å². The van der Waals surface area contributed by atoms with Crippen LogP contribution < -0.4 is 0 Å². The number of aliphatic carboxylic acids is 1. The molecule has 1 fully saturated rings. The van der Waals surface area contributed by atoms with Crippen molar-refractivity contribution in [3.05, 3.63) is 53.4 Å². The number of hydrogen-bond donors (Lipinski definition) is 1. The van der Waals surface area contributed by atoms with Crippen LogP contribution in [0.15, 0.2) is 30.5 Å². The van der Waals surface area contributed by atoms with Crippen molar-refractivity contribution in [1.82, 2.24) is 19.4 Å². The summed E-state index contributed by atoms with van der Waals surface area (Å²) in [4.78, 5) is 30.8. The summed E-state index contributed by atoms with van der Waals surface area (Å²) < 4.78 is 47.4. The maximum atomic E-state index is 13.5. The van der Waals surface area contributed by atoms with Crippen molar-refractivity contribution in [2.45, 2.75) is 76.3 Å². The number of carbonyl (C=O) groups excluding carboxylic acids is 1. The van der Waals surface area contributed by atoms with Crippen LogP contribution in [0.1, 0.15) is 72.9 Å². The van der Waals surface area contributed by atoms with Crippen LogP contribution in [0.2, 0.25) is 0 Å². The molecule has 0 radical (unpaired) electrons. The van der Waals surface area contributed by atoms with Gasteiger partial charge in [0.15, 0.2) is 5.82 Å². The highest BCUT2D eigenvalue weighted by molar-refractivity contribution is 5.91. The summed E-state index contributed by atoms with van der Waals surface area (Å²) in [5, 5.41) is 7.12. The van der Waals surface area contributed by atoms with Crippen molar-refractivity contribution in [2.24, 2.45) is 0 Å². The number of benzene rings is 1. The van der Waals surface area contributed by atoms with Gasteiger partial charge in [0, 0.05) is 26.2 Å². The fraction of sp³-hybridized carbons (Fsp3) is 0.560. The van der Waals surface area contributed by atoms with E-state index >= 15 is 0 Å². The third-order valence-electron chi connectivity index (χ3n) is 6.82. The summed E-state index contributed by atoms with van der Waals surface area (Å²) in [6.45, 7) is 1.50. The maximum absolute atomic E-state index is 13.5. The van der Waals surface area contributed by atoms with E-state index in [4.69, 9.17) is 9.90 Å². The first-order valence-corrected chi connectivity index (χ1v) is 12.1. The topological polar surface area (TPSA) is 78.7 Å². The Kier molecular flexibility index (Phi) is 9.10. The zero-order chi connectivity index (χ0) is 26.5. The number of hydrogen-bond acceptors (Lipinski definition) is 4. The Hall–Kier alpha value is -2.95. The fourth-order valence-corrected chi connectivity index (χ4v) is 4.92. The average molecular weight is 513 g/mol. The van der Waals surface area contributed by atoms with Gasteiger partial charge in [-0.1, -0.05) is 31.4 Å². The largest absolute Gasteiger partial charge is 0.490 e. The zero-order valence-electron chi connectivity index (χ0n) is 20.5. The number of alkyl halides is 3. The molecule has 1 aromatic carbocycles. The molecule has 1 N–H and O–H groups in total. The van der Waals surface area contributed by atoms with Gasteiger partial charge in [0.2, 0.25) is 0 Å². The smallest absolute Gasteiger partial charge is 0.475 e. The van der Waals surface area contributed by atoms with Gasteiger partial charge in [-0.3, -0.25) is 9.69 Å². The van der Waals surface area contributed by atoms with Crippen LogP contribution in [0.5, 0.6) is 0 Å². The number of carboxylic acids is 1. The zero-order valence-corrected chi connectivity index (χ0v) is 20.5.